The van der Waals surface area contributed by atoms with Crippen molar-refractivity contribution < 1.29 is 4.74 Å². The quantitative estimate of drug-likeness (QED) is 0.539. The van der Waals surface area contributed by atoms with Crippen LogP contribution in [0.5, 0.6) is 5.75 Å². The minimum Gasteiger partial charge on any atom is -0.495 e. The lowest BCUT2D eigenvalue weighted by molar-refractivity contribution is 0.312. The largest absolute Gasteiger partial charge is 0.495 e. The third-order valence-corrected chi connectivity index (χ3v) is 5.53. The van der Waals surface area contributed by atoms with Crippen LogP contribution in [0.3, 0.4) is 0 Å². The first kappa shape index (κ1) is 18.8. The van der Waals surface area contributed by atoms with Gasteiger partial charge in [0.25, 0.3) is 0 Å². The van der Waals surface area contributed by atoms with Crippen LogP contribution in [-0.2, 0) is 13.0 Å². The standard InChI is InChI=1S/C21H20ClN7O/c1-28-8-7-13-10-18(30-2)16(9-14(13)11-28)24-21-25-20(19(22)26-27-21)29-12-23-15-5-3-4-6-17(15)29/h3-6,9-10,12H,7-8,11H2,1-2H3,(H,24,25,27). The van der Waals surface area contributed by atoms with E-state index in [1.807, 2.05) is 24.3 Å². The molecule has 3 heterocycles. The van der Waals surface area contributed by atoms with Crippen LogP contribution in [0.25, 0.3) is 16.9 Å². The van der Waals surface area contributed by atoms with Crippen LogP contribution < -0.4 is 10.1 Å². The second-order valence-electron chi connectivity index (χ2n) is 7.29. The van der Waals surface area contributed by atoms with Crippen LogP contribution in [0.15, 0.2) is 42.7 Å². The molecule has 2 aromatic heterocycles. The number of ether oxygens (including phenoxy) is 1. The van der Waals surface area contributed by atoms with Gasteiger partial charge in [0.05, 0.1) is 23.8 Å². The maximum Gasteiger partial charge on any atom is 0.249 e. The van der Waals surface area contributed by atoms with Crippen LogP contribution in [0.1, 0.15) is 11.1 Å². The molecule has 0 unspecified atom stereocenters. The van der Waals surface area contributed by atoms with Crippen molar-refractivity contribution in [2.24, 2.45) is 0 Å². The number of halogens is 1. The van der Waals surface area contributed by atoms with Gasteiger partial charge < -0.3 is 15.0 Å². The number of imidazole rings is 1. The molecule has 0 spiro atoms. The third kappa shape index (κ3) is 3.34. The molecule has 9 heteroatoms. The Morgan fingerprint density at radius 2 is 2.00 bits per heavy atom. The lowest BCUT2D eigenvalue weighted by Gasteiger charge is -2.26. The molecule has 1 aliphatic heterocycles. The average Bonchev–Trinajstić information content (AvgIpc) is 3.18. The van der Waals surface area contributed by atoms with Gasteiger partial charge in [-0.2, -0.15) is 4.98 Å². The SMILES string of the molecule is COc1cc2c(cc1Nc1nnc(Cl)c(-n3cnc4ccccc43)n1)CN(C)CC2. The molecule has 30 heavy (non-hydrogen) atoms. The minimum absolute atomic E-state index is 0.197. The first-order valence-corrected chi connectivity index (χ1v) is 9.98. The summed E-state index contributed by atoms with van der Waals surface area (Å²) in [6.07, 6.45) is 2.68. The van der Waals surface area contributed by atoms with Gasteiger partial charge in [-0.25, -0.2) is 4.98 Å². The predicted molar refractivity (Wildman–Crippen MR) is 116 cm³/mol. The van der Waals surface area contributed by atoms with E-state index in [1.165, 1.54) is 11.1 Å². The number of nitrogens with zero attached hydrogens (tertiary/aromatic N) is 6. The molecule has 0 saturated carbocycles. The second kappa shape index (κ2) is 7.55. The van der Waals surface area contributed by atoms with Crippen molar-refractivity contribution in [3.8, 4) is 11.6 Å². The highest BCUT2D eigenvalue weighted by molar-refractivity contribution is 6.31. The third-order valence-electron chi connectivity index (χ3n) is 5.28. The zero-order valence-electron chi connectivity index (χ0n) is 16.6. The summed E-state index contributed by atoms with van der Waals surface area (Å²) in [5, 5.41) is 11.7. The molecule has 2 aromatic carbocycles. The monoisotopic (exact) mass is 421 g/mol. The minimum atomic E-state index is 0.197. The molecule has 0 fully saturated rings. The summed E-state index contributed by atoms with van der Waals surface area (Å²) in [5.41, 5.74) is 5.09. The number of hydrogen-bond acceptors (Lipinski definition) is 7. The van der Waals surface area contributed by atoms with Crippen molar-refractivity contribution in [2.75, 3.05) is 26.0 Å². The summed E-state index contributed by atoms with van der Waals surface area (Å²) in [7, 11) is 3.78. The van der Waals surface area contributed by atoms with Crippen molar-refractivity contribution in [3.63, 3.8) is 0 Å². The molecule has 0 saturated heterocycles. The number of benzene rings is 2. The number of para-hydroxylation sites is 2. The lowest BCUT2D eigenvalue weighted by atomic mass is 9.99. The molecule has 0 atom stereocenters. The van der Waals surface area contributed by atoms with Crippen molar-refractivity contribution in [1.29, 1.82) is 0 Å². The van der Waals surface area contributed by atoms with Crippen LogP contribution in [-0.4, -0.2) is 50.3 Å². The van der Waals surface area contributed by atoms with Crippen molar-refractivity contribution >= 4 is 34.3 Å². The van der Waals surface area contributed by atoms with Gasteiger partial charge in [-0.3, -0.25) is 4.57 Å². The number of hydrogen-bond donors (Lipinski definition) is 1. The van der Waals surface area contributed by atoms with Gasteiger partial charge in [-0.15, -0.1) is 10.2 Å². The number of aromatic nitrogens is 5. The molecular formula is C21H20ClN7O. The molecule has 4 aromatic rings. The fourth-order valence-corrected chi connectivity index (χ4v) is 3.92. The van der Waals surface area contributed by atoms with Crippen molar-refractivity contribution in [3.05, 3.63) is 59.0 Å². The first-order valence-electron chi connectivity index (χ1n) is 9.60. The summed E-state index contributed by atoms with van der Waals surface area (Å²) >= 11 is 6.32. The summed E-state index contributed by atoms with van der Waals surface area (Å²) in [6.45, 7) is 1.93. The molecule has 8 nitrogen and oxygen atoms in total. The second-order valence-corrected chi connectivity index (χ2v) is 7.65. The normalized spacial score (nSPS) is 14.0. The van der Waals surface area contributed by atoms with E-state index >= 15 is 0 Å². The zero-order chi connectivity index (χ0) is 20.7. The van der Waals surface area contributed by atoms with Gasteiger partial charge in [0.2, 0.25) is 5.95 Å². The predicted octanol–water partition coefficient (Wildman–Crippen LogP) is 3.60. The Morgan fingerprint density at radius 3 is 2.87 bits per heavy atom. The maximum absolute atomic E-state index is 6.32. The highest BCUT2D eigenvalue weighted by Crippen LogP contribution is 2.33. The average molecular weight is 422 g/mol. The van der Waals surface area contributed by atoms with Gasteiger partial charge in [-0.1, -0.05) is 23.7 Å². The van der Waals surface area contributed by atoms with Gasteiger partial charge >= 0.3 is 0 Å². The number of anilines is 2. The van der Waals surface area contributed by atoms with E-state index in [-0.39, 0.29) is 5.15 Å². The molecule has 1 aliphatic rings. The summed E-state index contributed by atoms with van der Waals surface area (Å²) < 4.78 is 7.40. The smallest absolute Gasteiger partial charge is 0.249 e. The van der Waals surface area contributed by atoms with Crippen LogP contribution in [0.4, 0.5) is 11.6 Å². The van der Waals surface area contributed by atoms with Crippen LogP contribution in [0, 0.1) is 0 Å². The first-order chi connectivity index (χ1) is 14.6. The van der Waals surface area contributed by atoms with E-state index in [1.54, 1.807) is 18.0 Å². The van der Waals surface area contributed by atoms with Crippen LogP contribution in [0.2, 0.25) is 5.15 Å². The molecule has 152 valence electrons. The summed E-state index contributed by atoms with van der Waals surface area (Å²) in [5.74, 6) is 1.53. The number of rotatable bonds is 4. The Balaban J connectivity index is 1.53. The zero-order valence-corrected chi connectivity index (χ0v) is 17.4. The number of fused-ring (bicyclic) bond motifs is 2. The Morgan fingerprint density at radius 1 is 1.13 bits per heavy atom. The van der Waals surface area contributed by atoms with Gasteiger partial charge in [0, 0.05) is 13.1 Å². The fourth-order valence-electron chi connectivity index (χ4n) is 3.75. The Hall–Kier alpha value is -3.23. The number of nitrogens with one attached hydrogen (secondary N) is 1. The molecule has 0 amide bonds. The van der Waals surface area contributed by atoms with E-state index in [4.69, 9.17) is 16.3 Å². The Labute approximate surface area is 178 Å². The van der Waals surface area contributed by atoms with E-state index in [0.29, 0.717) is 11.8 Å². The van der Waals surface area contributed by atoms with Gasteiger partial charge in [0.1, 0.15) is 12.1 Å². The van der Waals surface area contributed by atoms with E-state index < -0.39 is 0 Å². The van der Waals surface area contributed by atoms with Gasteiger partial charge in [-0.05, 0) is 48.9 Å². The highest BCUT2D eigenvalue weighted by Gasteiger charge is 2.18. The molecule has 1 N–H and O–H groups in total. The topological polar surface area (TPSA) is 81.0 Å². The summed E-state index contributed by atoms with van der Waals surface area (Å²) in [4.78, 5) is 11.3. The number of methoxy groups -OCH3 is 1. The lowest BCUT2D eigenvalue weighted by Crippen LogP contribution is -2.26. The molecular weight excluding hydrogens is 402 g/mol. The molecule has 0 aliphatic carbocycles. The number of likely N-dealkylation sites (N-methyl/N-ethyl adjacent to an activating group) is 1. The van der Waals surface area contributed by atoms with Gasteiger partial charge in [0.15, 0.2) is 11.0 Å². The highest BCUT2D eigenvalue weighted by atomic mass is 35.5. The molecule has 5 rings (SSSR count). The van der Waals surface area contributed by atoms with Crippen molar-refractivity contribution in [2.45, 2.75) is 13.0 Å². The van der Waals surface area contributed by atoms with Crippen molar-refractivity contribution in [1.82, 2.24) is 29.6 Å². The van der Waals surface area contributed by atoms with E-state index in [2.05, 4.69) is 49.6 Å². The Kier molecular flexibility index (Phi) is 4.72. The molecule has 0 bridgehead atoms. The van der Waals surface area contributed by atoms with E-state index in [0.717, 1.165) is 42.0 Å². The van der Waals surface area contributed by atoms with E-state index in [9.17, 15) is 0 Å². The van der Waals surface area contributed by atoms with Crippen LogP contribution >= 0.6 is 11.6 Å². The molecule has 0 radical (unpaired) electrons. The maximum atomic E-state index is 6.32. The Bertz CT molecular complexity index is 1240. The fraction of sp³-hybridized carbons (Fsp3) is 0.238. The summed E-state index contributed by atoms with van der Waals surface area (Å²) in [6, 6.07) is 11.9.